The molecule has 1 unspecified atom stereocenters. The molecule has 7 nitrogen and oxygen atoms in total. The van der Waals surface area contributed by atoms with Crippen LogP contribution in [0.25, 0.3) is 10.9 Å². The quantitative estimate of drug-likeness (QED) is 0.514. The number of aryl methyl sites for hydroxylation is 1. The summed E-state index contributed by atoms with van der Waals surface area (Å²) < 4.78 is 10.6. The number of nitrogens with one attached hydrogen (secondary N) is 2. The first-order chi connectivity index (χ1) is 14.0. The SMILES string of the molecule is COc1ccc(C(CC(=O)O)NC(=O)CCc2c[nH]c3ccccc23)c(OC)c1. The number of para-hydroxylation sites is 1. The Morgan fingerprint density at radius 3 is 2.66 bits per heavy atom. The third-order valence-electron chi connectivity index (χ3n) is 4.83. The Kier molecular flexibility index (Phi) is 6.39. The van der Waals surface area contributed by atoms with Crippen LogP contribution in [0.4, 0.5) is 0 Å². The van der Waals surface area contributed by atoms with Gasteiger partial charge in [0.05, 0.1) is 26.7 Å². The smallest absolute Gasteiger partial charge is 0.305 e. The van der Waals surface area contributed by atoms with Gasteiger partial charge in [-0.15, -0.1) is 0 Å². The van der Waals surface area contributed by atoms with E-state index in [1.807, 2.05) is 30.5 Å². The van der Waals surface area contributed by atoms with Crippen LogP contribution in [0, 0.1) is 0 Å². The average Bonchev–Trinajstić information content (AvgIpc) is 3.14. The number of aliphatic carboxylic acids is 1. The number of fused-ring (bicyclic) bond motifs is 1. The maximum Gasteiger partial charge on any atom is 0.305 e. The summed E-state index contributed by atoms with van der Waals surface area (Å²) in [5, 5.41) is 13.2. The van der Waals surface area contributed by atoms with Crippen molar-refractivity contribution >= 4 is 22.8 Å². The lowest BCUT2D eigenvalue weighted by atomic mass is 10.0. The molecule has 2 aromatic carbocycles. The van der Waals surface area contributed by atoms with Crippen LogP contribution in [-0.4, -0.2) is 36.2 Å². The van der Waals surface area contributed by atoms with E-state index in [2.05, 4.69) is 10.3 Å². The molecular weight excluding hydrogens is 372 g/mol. The highest BCUT2D eigenvalue weighted by molar-refractivity contribution is 5.84. The van der Waals surface area contributed by atoms with E-state index in [1.54, 1.807) is 18.2 Å². The lowest BCUT2D eigenvalue weighted by Crippen LogP contribution is -2.30. The van der Waals surface area contributed by atoms with Gasteiger partial charge in [0.1, 0.15) is 11.5 Å². The number of carbonyl (C=O) groups excluding carboxylic acids is 1. The number of carboxylic acids is 1. The summed E-state index contributed by atoms with van der Waals surface area (Å²) in [5.41, 5.74) is 2.67. The van der Waals surface area contributed by atoms with Crippen LogP contribution in [0.3, 0.4) is 0 Å². The molecule has 0 aliphatic rings. The number of hydrogen-bond acceptors (Lipinski definition) is 4. The summed E-state index contributed by atoms with van der Waals surface area (Å²) in [6, 6.07) is 12.3. The molecule has 1 atom stereocenters. The molecule has 3 N–H and O–H groups in total. The highest BCUT2D eigenvalue weighted by Crippen LogP contribution is 2.31. The molecule has 0 fully saturated rings. The molecule has 7 heteroatoms. The Bertz CT molecular complexity index is 1010. The fourth-order valence-electron chi connectivity index (χ4n) is 3.37. The number of benzene rings is 2. The molecule has 0 aliphatic carbocycles. The summed E-state index contributed by atoms with van der Waals surface area (Å²) in [4.78, 5) is 27.1. The van der Waals surface area contributed by atoms with Crippen LogP contribution in [0.5, 0.6) is 11.5 Å². The third-order valence-corrected chi connectivity index (χ3v) is 4.83. The molecule has 3 aromatic rings. The minimum atomic E-state index is -1.01. The number of amides is 1. The van der Waals surface area contributed by atoms with E-state index in [0.717, 1.165) is 16.5 Å². The fraction of sp³-hybridized carbons (Fsp3) is 0.273. The second-order valence-corrected chi connectivity index (χ2v) is 6.69. The molecule has 1 heterocycles. The molecule has 0 saturated heterocycles. The summed E-state index contributed by atoms with van der Waals surface area (Å²) in [5.74, 6) is -0.179. The van der Waals surface area contributed by atoms with E-state index in [-0.39, 0.29) is 18.7 Å². The molecule has 29 heavy (non-hydrogen) atoms. The van der Waals surface area contributed by atoms with Crippen molar-refractivity contribution in [2.45, 2.75) is 25.3 Å². The number of ether oxygens (including phenoxy) is 2. The van der Waals surface area contributed by atoms with Gasteiger partial charge in [0.2, 0.25) is 5.91 Å². The molecule has 0 spiro atoms. The van der Waals surface area contributed by atoms with Gasteiger partial charge in [-0.3, -0.25) is 9.59 Å². The van der Waals surface area contributed by atoms with Crippen LogP contribution in [0.15, 0.2) is 48.7 Å². The van der Waals surface area contributed by atoms with Crippen molar-refractivity contribution in [3.63, 3.8) is 0 Å². The van der Waals surface area contributed by atoms with Gasteiger partial charge in [0.15, 0.2) is 0 Å². The molecule has 0 saturated carbocycles. The van der Waals surface area contributed by atoms with Crippen molar-refractivity contribution in [1.82, 2.24) is 10.3 Å². The van der Waals surface area contributed by atoms with Gasteiger partial charge in [-0.2, -0.15) is 0 Å². The van der Waals surface area contributed by atoms with Crippen molar-refractivity contribution in [2.24, 2.45) is 0 Å². The molecule has 3 rings (SSSR count). The predicted octanol–water partition coefficient (Wildman–Crippen LogP) is 3.45. The van der Waals surface area contributed by atoms with Crippen molar-refractivity contribution in [3.8, 4) is 11.5 Å². The highest BCUT2D eigenvalue weighted by atomic mass is 16.5. The summed E-state index contributed by atoms with van der Waals surface area (Å²) in [6.07, 6.45) is 2.45. The van der Waals surface area contributed by atoms with Crippen molar-refractivity contribution < 1.29 is 24.2 Å². The number of carboxylic acid groups (broad SMARTS) is 1. The first-order valence-corrected chi connectivity index (χ1v) is 9.30. The van der Waals surface area contributed by atoms with Crippen LogP contribution in [0.2, 0.25) is 0 Å². The first-order valence-electron chi connectivity index (χ1n) is 9.30. The highest BCUT2D eigenvalue weighted by Gasteiger charge is 2.22. The number of aromatic amines is 1. The van der Waals surface area contributed by atoms with Gasteiger partial charge in [-0.1, -0.05) is 18.2 Å². The largest absolute Gasteiger partial charge is 0.497 e. The summed E-state index contributed by atoms with van der Waals surface area (Å²) >= 11 is 0. The van der Waals surface area contributed by atoms with Crippen LogP contribution < -0.4 is 14.8 Å². The lowest BCUT2D eigenvalue weighted by molar-refractivity contribution is -0.137. The molecular formula is C22H24N2O5. The van der Waals surface area contributed by atoms with Crippen molar-refractivity contribution in [2.75, 3.05) is 14.2 Å². The fourth-order valence-corrected chi connectivity index (χ4v) is 3.37. The Balaban J connectivity index is 1.73. The Hall–Kier alpha value is -3.48. The number of aromatic nitrogens is 1. The summed E-state index contributed by atoms with van der Waals surface area (Å²) in [7, 11) is 3.03. The van der Waals surface area contributed by atoms with Gasteiger partial charge in [0, 0.05) is 35.2 Å². The minimum absolute atomic E-state index is 0.223. The zero-order valence-corrected chi connectivity index (χ0v) is 16.4. The third kappa shape index (κ3) is 4.87. The summed E-state index contributed by atoms with van der Waals surface area (Å²) in [6.45, 7) is 0. The number of methoxy groups -OCH3 is 2. The van der Waals surface area contributed by atoms with Crippen LogP contribution >= 0.6 is 0 Å². The van der Waals surface area contributed by atoms with Gasteiger partial charge in [0.25, 0.3) is 0 Å². The van der Waals surface area contributed by atoms with Gasteiger partial charge in [-0.05, 0) is 30.2 Å². The van der Waals surface area contributed by atoms with Gasteiger partial charge >= 0.3 is 5.97 Å². The number of H-pyrrole nitrogens is 1. The predicted molar refractivity (Wildman–Crippen MR) is 109 cm³/mol. The second-order valence-electron chi connectivity index (χ2n) is 6.69. The maximum absolute atomic E-state index is 12.6. The van der Waals surface area contributed by atoms with E-state index in [0.29, 0.717) is 23.5 Å². The van der Waals surface area contributed by atoms with Crippen LogP contribution in [0.1, 0.15) is 30.0 Å². The van der Waals surface area contributed by atoms with Crippen molar-refractivity contribution in [1.29, 1.82) is 0 Å². The van der Waals surface area contributed by atoms with Gasteiger partial charge in [-0.25, -0.2) is 0 Å². The van der Waals surface area contributed by atoms with Crippen LogP contribution in [-0.2, 0) is 16.0 Å². The van der Waals surface area contributed by atoms with E-state index < -0.39 is 12.0 Å². The Labute approximate surface area is 168 Å². The number of hydrogen-bond donors (Lipinski definition) is 3. The second kappa shape index (κ2) is 9.14. The van der Waals surface area contributed by atoms with E-state index in [9.17, 15) is 14.7 Å². The van der Waals surface area contributed by atoms with E-state index in [1.165, 1.54) is 14.2 Å². The minimum Gasteiger partial charge on any atom is -0.497 e. The number of carbonyl (C=O) groups is 2. The van der Waals surface area contributed by atoms with Crippen molar-refractivity contribution in [3.05, 3.63) is 59.8 Å². The maximum atomic E-state index is 12.6. The molecule has 1 aromatic heterocycles. The molecule has 1 amide bonds. The molecule has 0 bridgehead atoms. The zero-order valence-electron chi connectivity index (χ0n) is 16.4. The monoisotopic (exact) mass is 396 g/mol. The average molecular weight is 396 g/mol. The normalized spacial score (nSPS) is 11.8. The van der Waals surface area contributed by atoms with E-state index in [4.69, 9.17) is 9.47 Å². The standard InChI is InChI=1S/C22H24N2O5/c1-28-15-8-9-17(20(11-15)29-2)19(12-22(26)27)24-21(25)10-7-14-13-23-18-6-4-3-5-16(14)18/h3-6,8-9,11,13,19,23H,7,10,12H2,1-2H3,(H,24,25)(H,26,27). The van der Waals surface area contributed by atoms with E-state index >= 15 is 0 Å². The Morgan fingerprint density at radius 1 is 1.14 bits per heavy atom. The molecule has 152 valence electrons. The van der Waals surface area contributed by atoms with Gasteiger partial charge < -0.3 is 24.9 Å². The molecule has 0 radical (unpaired) electrons. The topological polar surface area (TPSA) is 101 Å². The molecule has 0 aliphatic heterocycles. The lowest BCUT2D eigenvalue weighted by Gasteiger charge is -2.20. The zero-order chi connectivity index (χ0) is 20.8. The Morgan fingerprint density at radius 2 is 1.93 bits per heavy atom. The first kappa shape index (κ1) is 20.3. The number of rotatable bonds is 9.